The lowest BCUT2D eigenvalue weighted by Crippen LogP contribution is -2.40. The molecule has 1 heterocycles. The van der Waals surface area contributed by atoms with E-state index in [9.17, 15) is 4.79 Å². The SMILES string of the molecule is CC1CN(CCSc2ccccc2)CCC1=O. The Morgan fingerprint density at radius 1 is 1.35 bits per heavy atom. The molecule has 17 heavy (non-hydrogen) atoms. The minimum Gasteiger partial charge on any atom is -0.301 e. The van der Waals surface area contributed by atoms with Gasteiger partial charge in [0.15, 0.2) is 0 Å². The molecule has 1 unspecified atom stereocenters. The smallest absolute Gasteiger partial charge is 0.138 e. The third kappa shape index (κ3) is 3.86. The van der Waals surface area contributed by atoms with E-state index in [0.29, 0.717) is 5.78 Å². The molecule has 1 saturated heterocycles. The van der Waals surface area contributed by atoms with E-state index in [1.807, 2.05) is 24.8 Å². The summed E-state index contributed by atoms with van der Waals surface area (Å²) in [4.78, 5) is 15.1. The monoisotopic (exact) mass is 249 g/mol. The molecule has 1 aliphatic rings. The molecule has 1 aromatic carbocycles. The van der Waals surface area contributed by atoms with E-state index in [1.165, 1.54) is 4.90 Å². The maximum Gasteiger partial charge on any atom is 0.138 e. The number of likely N-dealkylation sites (tertiary alicyclic amines) is 1. The fraction of sp³-hybridized carbons (Fsp3) is 0.500. The predicted octanol–water partition coefficient (Wildman–Crippen LogP) is 2.69. The molecular formula is C14H19NOS. The number of nitrogens with zero attached hydrogens (tertiary/aromatic N) is 1. The van der Waals surface area contributed by atoms with E-state index in [2.05, 4.69) is 29.2 Å². The number of hydrogen-bond acceptors (Lipinski definition) is 3. The van der Waals surface area contributed by atoms with Crippen molar-refractivity contribution >= 4 is 17.5 Å². The summed E-state index contributed by atoms with van der Waals surface area (Å²) in [6.07, 6.45) is 0.733. The molecule has 0 bridgehead atoms. The molecule has 92 valence electrons. The first-order valence-corrected chi connectivity index (χ1v) is 7.17. The van der Waals surface area contributed by atoms with Gasteiger partial charge in [0.05, 0.1) is 0 Å². The first-order chi connectivity index (χ1) is 8.25. The highest BCUT2D eigenvalue weighted by molar-refractivity contribution is 7.99. The molecule has 1 aromatic rings. The van der Waals surface area contributed by atoms with Crippen LogP contribution in [-0.2, 0) is 4.79 Å². The van der Waals surface area contributed by atoms with Gasteiger partial charge in [0.25, 0.3) is 0 Å². The highest BCUT2D eigenvalue weighted by atomic mass is 32.2. The van der Waals surface area contributed by atoms with Crippen LogP contribution in [0.15, 0.2) is 35.2 Å². The normalized spacial score (nSPS) is 21.7. The summed E-state index contributed by atoms with van der Waals surface area (Å²) in [5.41, 5.74) is 0. The van der Waals surface area contributed by atoms with Crippen molar-refractivity contribution in [2.45, 2.75) is 18.2 Å². The van der Waals surface area contributed by atoms with Gasteiger partial charge in [-0.3, -0.25) is 4.79 Å². The molecule has 0 amide bonds. The molecule has 0 saturated carbocycles. The van der Waals surface area contributed by atoms with Gasteiger partial charge < -0.3 is 4.90 Å². The number of hydrogen-bond donors (Lipinski definition) is 0. The molecule has 0 radical (unpaired) electrons. The topological polar surface area (TPSA) is 20.3 Å². The lowest BCUT2D eigenvalue weighted by molar-refractivity contribution is -0.125. The van der Waals surface area contributed by atoms with Gasteiger partial charge in [0.1, 0.15) is 5.78 Å². The van der Waals surface area contributed by atoms with E-state index in [-0.39, 0.29) is 5.92 Å². The number of carbonyl (C=O) groups excluding carboxylic acids is 1. The standard InChI is InChI=1S/C14H19NOS/c1-12-11-15(8-7-14(12)16)9-10-17-13-5-3-2-4-6-13/h2-6,12H,7-11H2,1H3. The zero-order valence-electron chi connectivity index (χ0n) is 10.3. The maximum atomic E-state index is 11.4. The number of carbonyl (C=O) groups is 1. The van der Waals surface area contributed by atoms with Gasteiger partial charge in [0.2, 0.25) is 0 Å². The van der Waals surface area contributed by atoms with Gasteiger partial charge in [-0.1, -0.05) is 25.1 Å². The summed E-state index contributed by atoms with van der Waals surface area (Å²) >= 11 is 1.89. The van der Waals surface area contributed by atoms with Gasteiger partial charge in [-0.25, -0.2) is 0 Å². The van der Waals surface area contributed by atoms with Crippen LogP contribution in [0.4, 0.5) is 0 Å². The van der Waals surface area contributed by atoms with E-state index >= 15 is 0 Å². The fourth-order valence-corrected chi connectivity index (χ4v) is 3.04. The Morgan fingerprint density at radius 3 is 2.82 bits per heavy atom. The van der Waals surface area contributed by atoms with Crippen molar-refractivity contribution in [2.75, 3.05) is 25.4 Å². The van der Waals surface area contributed by atoms with E-state index in [4.69, 9.17) is 0 Å². The Balaban J connectivity index is 1.71. The minimum absolute atomic E-state index is 0.227. The van der Waals surface area contributed by atoms with Crippen LogP contribution < -0.4 is 0 Å². The maximum absolute atomic E-state index is 11.4. The summed E-state index contributed by atoms with van der Waals surface area (Å²) in [5.74, 6) is 1.76. The molecule has 0 spiro atoms. The van der Waals surface area contributed by atoms with E-state index in [0.717, 1.165) is 31.8 Å². The van der Waals surface area contributed by atoms with Crippen molar-refractivity contribution in [3.63, 3.8) is 0 Å². The van der Waals surface area contributed by atoms with Gasteiger partial charge in [-0.2, -0.15) is 0 Å². The summed E-state index contributed by atoms with van der Waals surface area (Å²) < 4.78 is 0. The first kappa shape index (κ1) is 12.7. The zero-order valence-corrected chi connectivity index (χ0v) is 11.1. The Labute approximate surface area is 107 Å². The number of ketones is 1. The fourth-order valence-electron chi connectivity index (χ4n) is 2.11. The van der Waals surface area contributed by atoms with Crippen LogP contribution in [0.25, 0.3) is 0 Å². The molecule has 3 heteroatoms. The second-order valence-corrected chi connectivity index (χ2v) is 5.75. The Hall–Kier alpha value is -0.800. The van der Waals surface area contributed by atoms with Gasteiger partial charge in [-0.15, -0.1) is 11.8 Å². The van der Waals surface area contributed by atoms with E-state index in [1.54, 1.807) is 0 Å². The molecule has 1 fully saturated rings. The largest absolute Gasteiger partial charge is 0.301 e. The first-order valence-electron chi connectivity index (χ1n) is 6.18. The van der Waals surface area contributed by atoms with Crippen LogP contribution in [0.2, 0.25) is 0 Å². The molecular weight excluding hydrogens is 230 g/mol. The van der Waals surface area contributed by atoms with Gasteiger partial charge in [-0.05, 0) is 12.1 Å². The van der Waals surface area contributed by atoms with Crippen molar-refractivity contribution in [3.8, 4) is 0 Å². The van der Waals surface area contributed by atoms with Crippen LogP contribution >= 0.6 is 11.8 Å². The van der Waals surface area contributed by atoms with Crippen LogP contribution in [0.1, 0.15) is 13.3 Å². The average molecular weight is 249 g/mol. The number of benzene rings is 1. The predicted molar refractivity (Wildman–Crippen MR) is 72.4 cm³/mol. The second-order valence-electron chi connectivity index (χ2n) is 4.58. The van der Waals surface area contributed by atoms with Gasteiger partial charge in [0, 0.05) is 42.6 Å². The van der Waals surface area contributed by atoms with Crippen LogP contribution in [0.5, 0.6) is 0 Å². The van der Waals surface area contributed by atoms with Crippen LogP contribution in [0, 0.1) is 5.92 Å². The number of rotatable bonds is 4. The van der Waals surface area contributed by atoms with Gasteiger partial charge >= 0.3 is 0 Å². The Morgan fingerprint density at radius 2 is 2.12 bits per heavy atom. The summed E-state index contributed by atoms with van der Waals surface area (Å²) in [5, 5.41) is 0. The number of thioether (sulfide) groups is 1. The lowest BCUT2D eigenvalue weighted by Gasteiger charge is -2.29. The Bertz CT molecular complexity index is 366. The van der Waals surface area contributed by atoms with Crippen molar-refractivity contribution in [1.29, 1.82) is 0 Å². The van der Waals surface area contributed by atoms with Crippen LogP contribution in [-0.4, -0.2) is 36.1 Å². The highest BCUT2D eigenvalue weighted by Gasteiger charge is 2.22. The zero-order chi connectivity index (χ0) is 12.1. The molecule has 1 aliphatic heterocycles. The Kier molecular flexibility index (Phi) is 4.63. The van der Waals surface area contributed by atoms with Crippen molar-refractivity contribution in [2.24, 2.45) is 5.92 Å². The molecule has 0 N–H and O–H groups in total. The molecule has 0 aromatic heterocycles. The molecule has 1 atom stereocenters. The van der Waals surface area contributed by atoms with Crippen molar-refractivity contribution in [3.05, 3.63) is 30.3 Å². The number of Topliss-reactive ketones (excluding diaryl/α,β-unsaturated/α-hetero) is 1. The summed E-state index contributed by atoms with van der Waals surface area (Å²) in [6, 6.07) is 10.5. The van der Waals surface area contributed by atoms with Crippen molar-refractivity contribution in [1.82, 2.24) is 4.90 Å². The minimum atomic E-state index is 0.227. The lowest BCUT2D eigenvalue weighted by atomic mass is 9.99. The summed E-state index contributed by atoms with van der Waals surface area (Å²) in [6.45, 7) is 5.00. The second kappa shape index (κ2) is 6.22. The molecule has 2 nitrogen and oxygen atoms in total. The number of piperidine rings is 1. The van der Waals surface area contributed by atoms with Crippen LogP contribution in [0.3, 0.4) is 0 Å². The molecule has 2 rings (SSSR count). The van der Waals surface area contributed by atoms with E-state index < -0.39 is 0 Å². The molecule has 0 aliphatic carbocycles. The average Bonchev–Trinajstić information content (AvgIpc) is 2.35. The highest BCUT2D eigenvalue weighted by Crippen LogP contribution is 2.18. The van der Waals surface area contributed by atoms with Crippen molar-refractivity contribution < 1.29 is 4.79 Å². The summed E-state index contributed by atoms with van der Waals surface area (Å²) in [7, 11) is 0. The third-order valence-electron chi connectivity index (χ3n) is 3.18. The third-order valence-corrected chi connectivity index (χ3v) is 4.17. The quantitative estimate of drug-likeness (QED) is 0.765.